The number of ether oxygens (including phenoxy) is 3. The molecule has 0 bridgehead atoms. The van der Waals surface area contributed by atoms with Crippen molar-refractivity contribution in [1.29, 1.82) is 0 Å². The zero-order chi connectivity index (χ0) is 22.0. The summed E-state index contributed by atoms with van der Waals surface area (Å²) in [5.41, 5.74) is 3.49. The molecule has 2 heterocycles. The molecule has 0 saturated heterocycles. The number of hydrogen-bond donors (Lipinski definition) is 2. The van der Waals surface area contributed by atoms with E-state index in [1.165, 1.54) is 7.11 Å². The zero-order valence-electron chi connectivity index (χ0n) is 17.4. The second kappa shape index (κ2) is 8.49. The number of nitrogens with one attached hydrogen (secondary N) is 1. The molecule has 0 aliphatic heterocycles. The van der Waals surface area contributed by atoms with E-state index in [1.807, 2.05) is 42.5 Å². The predicted octanol–water partition coefficient (Wildman–Crippen LogP) is 4.12. The Morgan fingerprint density at radius 3 is 2.35 bits per heavy atom. The van der Waals surface area contributed by atoms with Crippen LogP contribution >= 0.6 is 0 Å². The van der Waals surface area contributed by atoms with Crippen LogP contribution in [0.5, 0.6) is 11.5 Å². The van der Waals surface area contributed by atoms with E-state index in [0.717, 1.165) is 22.2 Å². The molecule has 0 radical (unpaired) electrons. The maximum absolute atomic E-state index is 11.9. The van der Waals surface area contributed by atoms with Gasteiger partial charge in [-0.1, -0.05) is 36.4 Å². The van der Waals surface area contributed by atoms with Crippen LogP contribution in [0.25, 0.3) is 22.2 Å². The van der Waals surface area contributed by atoms with Gasteiger partial charge >= 0.3 is 5.97 Å². The fourth-order valence-electron chi connectivity index (χ4n) is 3.63. The number of nitrogens with zero attached hydrogens (tertiary/aromatic N) is 1. The first-order chi connectivity index (χ1) is 15.1. The van der Waals surface area contributed by atoms with E-state index in [1.54, 1.807) is 32.4 Å². The topological polar surface area (TPSA) is 93.7 Å². The Bertz CT molecular complexity index is 1230. The summed E-state index contributed by atoms with van der Waals surface area (Å²) in [6.45, 7) is 0. The van der Waals surface area contributed by atoms with E-state index in [4.69, 9.17) is 14.2 Å². The molecule has 1 unspecified atom stereocenters. The van der Waals surface area contributed by atoms with Crippen molar-refractivity contribution >= 4 is 16.9 Å². The van der Waals surface area contributed by atoms with Crippen LogP contribution in [0.1, 0.15) is 27.8 Å². The van der Waals surface area contributed by atoms with Gasteiger partial charge in [0.2, 0.25) is 0 Å². The van der Waals surface area contributed by atoms with Crippen molar-refractivity contribution in [2.75, 3.05) is 21.3 Å². The van der Waals surface area contributed by atoms with E-state index in [9.17, 15) is 9.90 Å². The summed E-state index contributed by atoms with van der Waals surface area (Å²) in [5.74, 6) is 0.545. The summed E-state index contributed by atoms with van der Waals surface area (Å²) < 4.78 is 15.7. The normalized spacial score (nSPS) is 11.9. The summed E-state index contributed by atoms with van der Waals surface area (Å²) in [7, 11) is 4.43. The monoisotopic (exact) mass is 418 g/mol. The Labute approximate surface area is 179 Å². The number of fused-ring (bicyclic) bond motifs is 1. The van der Waals surface area contributed by atoms with Gasteiger partial charge in [0.1, 0.15) is 11.8 Å². The second-order valence-corrected chi connectivity index (χ2v) is 6.87. The van der Waals surface area contributed by atoms with Crippen LogP contribution in [0.15, 0.2) is 60.7 Å². The fraction of sp³-hybridized carbons (Fsp3) is 0.167. The lowest BCUT2D eigenvalue weighted by molar-refractivity contribution is 0.0593. The molecule has 2 N–H and O–H groups in total. The van der Waals surface area contributed by atoms with Gasteiger partial charge in [-0.2, -0.15) is 0 Å². The highest BCUT2D eigenvalue weighted by molar-refractivity contribution is 5.94. The van der Waals surface area contributed by atoms with E-state index < -0.39 is 12.1 Å². The molecule has 0 amide bonds. The van der Waals surface area contributed by atoms with Gasteiger partial charge in [0.25, 0.3) is 0 Å². The number of aliphatic hydroxyl groups is 1. The molecule has 158 valence electrons. The van der Waals surface area contributed by atoms with Crippen molar-refractivity contribution in [3.8, 4) is 22.8 Å². The average molecular weight is 418 g/mol. The van der Waals surface area contributed by atoms with Crippen LogP contribution in [-0.2, 0) is 4.74 Å². The lowest BCUT2D eigenvalue weighted by atomic mass is 9.98. The van der Waals surface area contributed by atoms with Crippen molar-refractivity contribution in [1.82, 2.24) is 9.97 Å². The first kappa shape index (κ1) is 20.4. The average Bonchev–Trinajstić information content (AvgIpc) is 3.20. The maximum atomic E-state index is 11.9. The largest absolute Gasteiger partial charge is 0.493 e. The number of aromatic nitrogens is 2. The van der Waals surface area contributed by atoms with Crippen LogP contribution < -0.4 is 9.47 Å². The molecule has 0 aliphatic rings. The number of aromatic amines is 1. The molecule has 2 aromatic carbocycles. The molecule has 2 aromatic heterocycles. The molecule has 0 saturated carbocycles. The van der Waals surface area contributed by atoms with Crippen LogP contribution in [0.3, 0.4) is 0 Å². The number of hydrogen-bond acceptors (Lipinski definition) is 6. The summed E-state index contributed by atoms with van der Waals surface area (Å²) in [6, 6.07) is 18.2. The number of carbonyl (C=O) groups is 1. The third-order valence-corrected chi connectivity index (χ3v) is 5.12. The van der Waals surface area contributed by atoms with Gasteiger partial charge in [-0.15, -0.1) is 0 Å². The quantitative estimate of drug-likeness (QED) is 0.458. The van der Waals surface area contributed by atoms with Crippen LogP contribution in [0.4, 0.5) is 0 Å². The van der Waals surface area contributed by atoms with Crippen molar-refractivity contribution < 1.29 is 24.1 Å². The molecule has 4 rings (SSSR count). The van der Waals surface area contributed by atoms with Crippen molar-refractivity contribution in [2.45, 2.75) is 6.10 Å². The summed E-state index contributed by atoms with van der Waals surface area (Å²) in [4.78, 5) is 19.6. The molecule has 0 fully saturated rings. The predicted molar refractivity (Wildman–Crippen MR) is 116 cm³/mol. The number of aliphatic hydroxyl groups excluding tert-OH is 1. The van der Waals surface area contributed by atoms with Crippen molar-refractivity contribution in [2.24, 2.45) is 0 Å². The Morgan fingerprint density at radius 2 is 1.68 bits per heavy atom. The number of pyridine rings is 1. The van der Waals surface area contributed by atoms with Gasteiger partial charge in [0.15, 0.2) is 11.5 Å². The third-order valence-electron chi connectivity index (χ3n) is 5.12. The molecule has 7 nitrogen and oxygen atoms in total. The number of benzene rings is 2. The Morgan fingerprint density at radius 1 is 0.968 bits per heavy atom. The fourth-order valence-corrected chi connectivity index (χ4v) is 3.63. The molecular weight excluding hydrogens is 396 g/mol. The second-order valence-electron chi connectivity index (χ2n) is 6.87. The highest BCUT2D eigenvalue weighted by Crippen LogP contribution is 2.41. The zero-order valence-corrected chi connectivity index (χ0v) is 17.4. The molecule has 31 heavy (non-hydrogen) atoms. The lowest BCUT2D eigenvalue weighted by Gasteiger charge is -2.14. The minimum atomic E-state index is -1.10. The van der Waals surface area contributed by atoms with E-state index in [0.29, 0.717) is 22.8 Å². The van der Waals surface area contributed by atoms with Crippen molar-refractivity contribution in [3.63, 3.8) is 0 Å². The summed E-state index contributed by atoms with van der Waals surface area (Å²) in [5, 5.41) is 12.1. The summed E-state index contributed by atoms with van der Waals surface area (Å²) >= 11 is 0. The first-order valence-corrected chi connectivity index (χ1v) is 9.63. The maximum Gasteiger partial charge on any atom is 0.356 e. The van der Waals surface area contributed by atoms with Crippen LogP contribution in [0, 0.1) is 0 Å². The first-order valence-electron chi connectivity index (χ1n) is 9.63. The third kappa shape index (κ3) is 3.71. The van der Waals surface area contributed by atoms with E-state index in [2.05, 4.69) is 9.97 Å². The highest BCUT2D eigenvalue weighted by atomic mass is 16.5. The Hall–Kier alpha value is -3.84. The highest BCUT2D eigenvalue weighted by Gasteiger charge is 2.25. The van der Waals surface area contributed by atoms with E-state index >= 15 is 0 Å². The van der Waals surface area contributed by atoms with Gasteiger partial charge in [0, 0.05) is 17.0 Å². The van der Waals surface area contributed by atoms with Gasteiger partial charge in [0.05, 0.1) is 38.2 Å². The number of methoxy groups -OCH3 is 3. The van der Waals surface area contributed by atoms with E-state index in [-0.39, 0.29) is 5.69 Å². The molecule has 7 heteroatoms. The molecule has 4 aromatic rings. The number of rotatable bonds is 6. The minimum absolute atomic E-state index is 0.124. The number of carbonyl (C=O) groups excluding carboxylic acids is 1. The minimum Gasteiger partial charge on any atom is -0.493 e. The molecule has 1 atom stereocenters. The molecule has 0 spiro atoms. The van der Waals surface area contributed by atoms with Gasteiger partial charge < -0.3 is 24.3 Å². The Kier molecular flexibility index (Phi) is 5.60. The number of esters is 1. The lowest BCUT2D eigenvalue weighted by Crippen LogP contribution is -2.09. The van der Waals surface area contributed by atoms with Crippen LogP contribution in [-0.4, -0.2) is 42.4 Å². The Balaban J connectivity index is 1.95. The van der Waals surface area contributed by atoms with Gasteiger partial charge in [-0.25, -0.2) is 9.78 Å². The SMILES string of the molecule is COC(=O)c1cccc(C(O)c2c(-c3ccccc3)[nH]c3cc(OC)c(OC)cc23)n1. The van der Waals surface area contributed by atoms with Crippen LogP contribution in [0.2, 0.25) is 0 Å². The van der Waals surface area contributed by atoms with Gasteiger partial charge in [-0.3, -0.25) is 0 Å². The number of H-pyrrole nitrogens is 1. The molecular formula is C24H22N2O5. The molecule has 0 aliphatic carbocycles. The summed E-state index contributed by atoms with van der Waals surface area (Å²) in [6.07, 6.45) is -1.10. The standard InChI is InChI=1S/C24H22N2O5/c1-29-19-12-15-18(13-20(19)30-2)26-22(14-8-5-4-6-9-14)21(15)23(27)16-10-7-11-17(25-16)24(28)31-3/h4-13,23,26-27H,1-3H3. The van der Waals surface area contributed by atoms with Crippen molar-refractivity contribution in [3.05, 3.63) is 77.6 Å². The smallest absolute Gasteiger partial charge is 0.356 e. The van der Waals surface area contributed by atoms with Gasteiger partial charge in [-0.05, 0) is 23.8 Å².